The molecule has 0 bridgehead atoms. The first-order valence-corrected chi connectivity index (χ1v) is 8.44. The minimum Gasteiger partial charge on any atom is -0.426 e. The fourth-order valence-corrected chi connectivity index (χ4v) is 3.51. The normalized spacial score (nSPS) is 25.6. The van der Waals surface area contributed by atoms with Gasteiger partial charge in [-0.3, -0.25) is 4.79 Å². The van der Waals surface area contributed by atoms with E-state index in [0.29, 0.717) is 11.7 Å². The number of esters is 1. The third-order valence-electron chi connectivity index (χ3n) is 4.83. The Morgan fingerprint density at radius 3 is 2.48 bits per heavy atom. The molecule has 0 amide bonds. The van der Waals surface area contributed by atoms with E-state index in [1.165, 1.54) is 31.2 Å². The first-order valence-electron chi connectivity index (χ1n) is 8.44. The summed E-state index contributed by atoms with van der Waals surface area (Å²) in [7, 11) is 0. The molecule has 1 aliphatic carbocycles. The van der Waals surface area contributed by atoms with Crippen molar-refractivity contribution >= 4 is 5.97 Å². The molecular formula is C19H28O2. The molecule has 0 aromatic heterocycles. The van der Waals surface area contributed by atoms with Crippen LogP contribution in [0.25, 0.3) is 0 Å². The van der Waals surface area contributed by atoms with Gasteiger partial charge in [-0.2, -0.15) is 0 Å². The van der Waals surface area contributed by atoms with Crippen LogP contribution in [0.4, 0.5) is 0 Å². The summed E-state index contributed by atoms with van der Waals surface area (Å²) < 4.78 is 5.58. The van der Waals surface area contributed by atoms with Crippen LogP contribution in [-0.4, -0.2) is 5.97 Å². The van der Waals surface area contributed by atoms with Gasteiger partial charge in [0.15, 0.2) is 0 Å². The Morgan fingerprint density at radius 1 is 1.19 bits per heavy atom. The maximum Gasteiger partial charge on any atom is 0.314 e. The molecule has 2 nitrogen and oxygen atoms in total. The molecule has 21 heavy (non-hydrogen) atoms. The van der Waals surface area contributed by atoms with Crippen molar-refractivity contribution in [3.8, 4) is 5.75 Å². The van der Waals surface area contributed by atoms with Gasteiger partial charge < -0.3 is 4.74 Å². The minimum atomic E-state index is -0.0401. The van der Waals surface area contributed by atoms with Gasteiger partial charge in [0, 0.05) is 0 Å². The zero-order valence-corrected chi connectivity index (χ0v) is 13.6. The lowest BCUT2D eigenvalue weighted by molar-refractivity contribution is -0.142. The summed E-state index contributed by atoms with van der Waals surface area (Å²) in [5, 5.41) is 0. The molecule has 1 aromatic rings. The average molecular weight is 288 g/mol. The highest BCUT2D eigenvalue weighted by atomic mass is 16.5. The highest BCUT2D eigenvalue weighted by Crippen LogP contribution is 2.36. The Labute approximate surface area is 128 Å². The van der Waals surface area contributed by atoms with Crippen LogP contribution < -0.4 is 4.74 Å². The highest BCUT2D eigenvalue weighted by Gasteiger charge is 2.33. The van der Waals surface area contributed by atoms with Crippen molar-refractivity contribution < 1.29 is 9.53 Å². The summed E-state index contributed by atoms with van der Waals surface area (Å²) in [6, 6.07) is 7.88. The van der Waals surface area contributed by atoms with Crippen molar-refractivity contribution in [2.24, 2.45) is 17.8 Å². The van der Waals surface area contributed by atoms with Crippen molar-refractivity contribution in [1.82, 2.24) is 0 Å². The molecule has 2 rings (SSSR count). The van der Waals surface area contributed by atoms with E-state index >= 15 is 0 Å². The number of ether oxygens (including phenoxy) is 1. The van der Waals surface area contributed by atoms with Crippen molar-refractivity contribution in [3.63, 3.8) is 0 Å². The Kier molecular flexibility index (Phi) is 5.84. The lowest BCUT2D eigenvalue weighted by atomic mass is 9.73. The largest absolute Gasteiger partial charge is 0.426 e. The SMILES string of the molecule is CCC[C@H]1CC[C@@H](C(=O)Oc2ccc(CC)cc2)[C@H](C)C1. The number of rotatable bonds is 5. The molecule has 3 atom stereocenters. The summed E-state index contributed by atoms with van der Waals surface area (Å²) in [6.07, 6.45) is 6.88. The predicted octanol–water partition coefficient (Wildman–Crippen LogP) is 5.01. The zero-order chi connectivity index (χ0) is 15.2. The molecule has 0 N–H and O–H groups in total. The first kappa shape index (κ1) is 16.1. The maximum atomic E-state index is 12.4. The van der Waals surface area contributed by atoms with Crippen LogP contribution in [0.15, 0.2) is 24.3 Å². The van der Waals surface area contributed by atoms with Crippen LogP contribution in [0.2, 0.25) is 0 Å². The predicted molar refractivity (Wildman–Crippen MR) is 86.4 cm³/mol. The number of aryl methyl sites for hydroxylation is 1. The average Bonchev–Trinajstić information content (AvgIpc) is 2.48. The molecule has 0 heterocycles. The molecule has 0 unspecified atom stereocenters. The summed E-state index contributed by atoms with van der Waals surface area (Å²) in [4.78, 5) is 12.4. The lowest BCUT2D eigenvalue weighted by Gasteiger charge is -2.32. The van der Waals surface area contributed by atoms with Crippen molar-refractivity contribution in [2.75, 3.05) is 0 Å². The molecule has 1 aliphatic rings. The van der Waals surface area contributed by atoms with Crippen molar-refractivity contribution in [2.45, 2.75) is 59.3 Å². The molecule has 0 spiro atoms. The van der Waals surface area contributed by atoms with Crippen molar-refractivity contribution in [3.05, 3.63) is 29.8 Å². The van der Waals surface area contributed by atoms with E-state index in [1.54, 1.807) is 0 Å². The highest BCUT2D eigenvalue weighted by molar-refractivity contribution is 5.75. The summed E-state index contributed by atoms with van der Waals surface area (Å²) in [6.45, 7) is 6.57. The smallest absolute Gasteiger partial charge is 0.314 e. The van der Waals surface area contributed by atoms with Gasteiger partial charge in [-0.25, -0.2) is 0 Å². The van der Waals surface area contributed by atoms with Crippen LogP contribution >= 0.6 is 0 Å². The number of carbonyl (C=O) groups excluding carboxylic acids is 1. The van der Waals surface area contributed by atoms with E-state index in [9.17, 15) is 4.79 Å². The molecule has 0 radical (unpaired) electrons. The van der Waals surface area contributed by atoms with Crippen molar-refractivity contribution in [1.29, 1.82) is 0 Å². The lowest BCUT2D eigenvalue weighted by Crippen LogP contribution is -2.32. The van der Waals surface area contributed by atoms with Gasteiger partial charge in [0.2, 0.25) is 0 Å². The van der Waals surface area contributed by atoms with E-state index in [2.05, 4.69) is 20.8 Å². The summed E-state index contributed by atoms with van der Waals surface area (Å²) in [5.41, 5.74) is 1.27. The van der Waals surface area contributed by atoms with Gasteiger partial charge in [0.05, 0.1) is 5.92 Å². The molecule has 0 saturated heterocycles. The van der Waals surface area contributed by atoms with E-state index in [0.717, 1.165) is 18.8 Å². The quantitative estimate of drug-likeness (QED) is 0.562. The van der Waals surface area contributed by atoms with Gasteiger partial charge >= 0.3 is 5.97 Å². The third-order valence-corrected chi connectivity index (χ3v) is 4.83. The Bertz CT molecular complexity index is 449. The van der Waals surface area contributed by atoms with Crippen LogP contribution in [0, 0.1) is 17.8 Å². The van der Waals surface area contributed by atoms with E-state index in [-0.39, 0.29) is 11.9 Å². The number of benzene rings is 1. The molecule has 116 valence electrons. The molecule has 1 aromatic carbocycles. The first-order chi connectivity index (χ1) is 10.1. The van der Waals surface area contributed by atoms with Crippen LogP contribution in [0.3, 0.4) is 0 Å². The molecule has 2 heteroatoms. The Morgan fingerprint density at radius 2 is 1.90 bits per heavy atom. The van der Waals surface area contributed by atoms with Gasteiger partial charge in [-0.1, -0.05) is 45.7 Å². The molecule has 0 aliphatic heterocycles. The second kappa shape index (κ2) is 7.63. The van der Waals surface area contributed by atoms with Gasteiger partial charge in [0.1, 0.15) is 5.75 Å². The van der Waals surface area contributed by atoms with E-state index < -0.39 is 0 Å². The molecule has 1 saturated carbocycles. The number of hydrogen-bond donors (Lipinski definition) is 0. The maximum absolute atomic E-state index is 12.4. The molecular weight excluding hydrogens is 260 g/mol. The van der Waals surface area contributed by atoms with Crippen LogP contribution in [0.1, 0.15) is 58.4 Å². The van der Waals surface area contributed by atoms with Crippen LogP contribution in [-0.2, 0) is 11.2 Å². The fraction of sp³-hybridized carbons (Fsp3) is 0.632. The third kappa shape index (κ3) is 4.33. The van der Waals surface area contributed by atoms with Gasteiger partial charge in [0.25, 0.3) is 0 Å². The van der Waals surface area contributed by atoms with Crippen LogP contribution in [0.5, 0.6) is 5.75 Å². The van der Waals surface area contributed by atoms with E-state index in [4.69, 9.17) is 4.74 Å². The number of hydrogen-bond acceptors (Lipinski definition) is 2. The standard InChI is InChI=1S/C19H28O2/c1-4-6-16-9-12-18(14(3)13-16)19(20)21-17-10-7-15(5-2)8-11-17/h7-8,10-11,14,16,18H,4-6,9,12-13H2,1-3H3/t14-,16+,18-/m1/s1. The Hall–Kier alpha value is -1.31. The second-order valence-corrected chi connectivity index (χ2v) is 6.47. The minimum absolute atomic E-state index is 0.0401. The topological polar surface area (TPSA) is 26.3 Å². The van der Waals surface area contributed by atoms with Gasteiger partial charge in [-0.05, 0) is 55.2 Å². The molecule has 1 fully saturated rings. The van der Waals surface area contributed by atoms with Gasteiger partial charge in [-0.15, -0.1) is 0 Å². The Balaban J connectivity index is 1.90. The monoisotopic (exact) mass is 288 g/mol. The zero-order valence-electron chi connectivity index (χ0n) is 13.6. The summed E-state index contributed by atoms with van der Waals surface area (Å²) >= 11 is 0. The second-order valence-electron chi connectivity index (χ2n) is 6.47. The van der Waals surface area contributed by atoms with E-state index in [1.807, 2.05) is 24.3 Å². The summed E-state index contributed by atoms with van der Waals surface area (Å²) in [5.74, 6) is 1.96. The number of carbonyl (C=O) groups is 1. The fourth-order valence-electron chi connectivity index (χ4n) is 3.51.